The average molecular weight is 909 g/mol. The molecule has 8 rings (SSSR count). The molecular formula is C45H27F15N4. The summed E-state index contributed by atoms with van der Waals surface area (Å²) < 4.78 is 230. The summed E-state index contributed by atoms with van der Waals surface area (Å²) in [5.74, 6) is -36.5. The molecule has 4 aromatic heterocycles. The third-order valence-corrected chi connectivity index (χ3v) is 10.8. The van der Waals surface area contributed by atoms with Crippen molar-refractivity contribution >= 4 is 45.3 Å². The summed E-state index contributed by atoms with van der Waals surface area (Å²) in [5.41, 5.74) is -12.9. The summed E-state index contributed by atoms with van der Waals surface area (Å²) in [6.45, 7) is 9.69. The zero-order valence-corrected chi connectivity index (χ0v) is 33.6. The molecule has 1 aliphatic heterocycles. The molecule has 19 heteroatoms. The molecule has 0 radical (unpaired) electrons. The number of hydrogen-bond acceptors (Lipinski definition) is 1. The van der Waals surface area contributed by atoms with Crippen LogP contribution in [0.3, 0.4) is 0 Å². The first-order chi connectivity index (χ1) is 29.8. The van der Waals surface area contributed by atoms with E-state index in [9.17, 15) is 13.2 Å². The normalized spacial score (nSPS) is 12.7. The topological polar surface area (TPSA) is 60.3 Å². The van der Waals surface area contributed by atoms with Crippen LogP contribution in [0.2, 0.25) is 0 Å². The molecule has 0 spiro atoms. The molecule has 1 aliphatic rings. The minimum absolute atomic E-state index is 0.00356. The maximum atomic E-state index is 16.1. The van der Waals surface area contributed by atoms with Crippen LogP contribution in [-0.2, 0) is 10.8 Å². The van der Waals surface area contributed by atoms with Crippen LogP contribution in [0.4, 0.5) is 65.9 Å². The molecule has 5 heterocycles. The zero-order chi connectivity index (χ0) is 47.0. The fourth-order valence-electron chi connectivity index (χ4n) is 7.77. The number of H-pyrrole nitrogens is 3. The molecule has 0 aliphatic carbocycles. The molecule has 0 saturated heterocycles. The summed E-state index contributed by atoms with van der Waals surface area (Å²) in [4.78, 5) is 12.6. The van der Waals surface area contributed by atoms with Gasteiger partial charge in [0.2, 0.25) is 17.5 Å². The zero-order valence-electron chi connectivity index (χ0n) is 33.6. The smallest absolute Gasteiger partial charge is 0.200 e. The second-order valence-electron chi connectivity index (χ2n) is 16.9. The monoisotopic (exact) mass is 908 g/mol. The number of rotatable bonds is 3. The fraction of sp³-hybridized carbons (Fsp3) is 0.178. The van der Waals surface area contributed by atoms with Gasteiger partial charge in [0.1, 0.15) is 0 Å². The van der Waals surface area contributed by atoms with Crippen molar-refractivity contribution in [3.8, 4) is 33.4 Å². The van der Waals surface area contributed by atoms with E-state index in [2.05, 4.69) is 19.9 Å². The Labute approximate surface area is 350 Å². The Bertz CT molecular complexity index is 3270. The highest BCUT2D eigenvalue weighted by molar-refractivity contribution is 6.02. The molecule has 0 fully saturated rings. The van der Waals surface area contributed by atoms with Crippen LogP contribution in [0, 0.1) is 87.3 Å². The fourth-order valence-corrected chi connectivity index (χ4v) is 7.77. The molecule has 3 N–H and O–H groups in total. The third-order valence-electron chi connectivity index (χ3n) is 10.8. The molecule has 0 unspecified atom stereocenters. The molecule has 3 aromatic carbocycles. The standard InChI is InChI=1S/C45H27F15N4/c1-44(2,3)13-11-19-22(25-29(48)35(54)40(59)36(55)30(25)49)17-8-7-15(61-17)21(24-27(46)33(52)39(58)34(53)28(24)47)16-9-10-18(62-16)23(26-31(50)37(56)41(60)38(57)32(26)51)43-14(45(4,5)6)12-20(64-43)42(13)63-19/h7-12,61,63-64H,1-6H3. The van der Waals surface area contributed by atoms with Crippen molar-refractivity contribution in [2.75, 3.05) is 0 Å². The molecule has 64 heavy (non-hydrogen) atoms. The first-order valence-corrected chi connectivity index (χ1v) is 18.8. The van der Waals surface area contributed by atoms with E-state index in [-0.39, 0.29) is 27.7 Å². The van der Waals surface area contributed by atoms with E-state index >= 15 is 52.7 Å². The second-order valence-corrected chi connectivity index (χ2v) is 16.9. The van der Waals surface area contributed by atoms with Crippen LogP contribution < -0.4 is 0 Å². The van der Waals surface area contributed by atoms with Gasteiger partial charge in [0.25, 0.3) is 0 Å². The summed E-state index contributed by atoms with van der Waals surface area (Å²) in [6.07, 6.45) is 1.72. The molecular weight excluding hydrogens is 881 g/mol. The predicted octanol–water partition coefficient (Wildman–Crippen LogP) is 14.4. The molecule has 0 atom stereocenters. The highest BCUT2D eigenvalue weighted by Gasteiger charge is 2.35. The van der Waals surface area contributed by atoms with E-state index in [1.807, 2.05) is 0 Å². The molecule has 0 saturated carbocycles. The Balaban J connectivity index is 1.76. The molecule has 332 valence electrons. The Kier molecular flexibility index (Phi) is 10.1. The Morgan fingerprint density at radius 1 is 0.328 bits per heavy atom. The molecule has 0 amide bonds. The lowest BCUT2D eigenvalue weighted by molar-refractivity contribution is 0.381. The van der Waals surface area contributed by atoms with Gasteiger partial charge < -0.3 is 15.0 Å². The summed E-state index contributed by atoms with van der Waals surface area (Å²) >= 11 is 0. The average Bonchev–Trinajstić information content (AvgIpc) is 4.07. The third kappa shape index (κ3) is 6.44. The first kappa shape index (κ1) is 44.0. The lowest BCUT2D eigenvalue weighted by Crippen LogP contribution is -2.11. The SMILES string of the molecule is CC(C)(C)c1cc2[nH]c1c(-c1c(F)c(F)c(F)c(F)c1F)c1nc(c(-c3c(F)c(F)c(F)c(F)c3F)c3ccc([nH]3)c(-c3c(F)c(F)c(F)c(F)c3F)c3cc(C(C)(C)C)c2[nH]3)C=C1. The lowest BCUT2D eigenvalue weighted by Gasteiger charge is -2.19. The molecule has 4 nitrogen and oxygen atoms in total. The van der Waals surface area contributed by atoms with Gasteiger partial charge in [-0.3, -0.25) is 0 Å². The first-order valence-electron chi connectivity index (χ1n) is 18.8. The molecule has 8 bridgehead atoms. The minimum Gasteiger partial charge on any atom is -0.354 e. The van der Waals surface area contributed by atoms with E-state index in [0.717, 1.165) is 24.3 Å². The van der Waals surface area contributed by atoms with Gasteiger partial charge in [0, 0.05) is 33.2 Å². The van der Waals surface area contributed by atoms with Gasteiger partial charge >= 0.3 is 0 Å². The van der Waals surface area contributed by atoms with Crippen molar-refractivity contribution in [3.05, 3.63) is 134 Å². The van der Waals surface area contributed by atoms with Crippen molar-refractivity contribution in [2.24, 2.45) is 0 Å². The highest BCUT2D eigenvalue weighted by atomic mass is 19.2. The number of nitrogens with zero attached hydrogens (tertiary/aromatic N) is 1. The van der Waals surface area contributed by atoms with Crippen LogP contribution in [0.1, 0.15) is 64.1 Å². The van der Waals surface area contributed by atoms with Crippen LogP contribution >= 0.6 is 0 Å². The van der Waals surface area contributed by atoms with Gasteiger partial charge in [0.15, 0.2) is 69.8 Å². The Hall–Kier alpha value is -6.66. The number of hydrogen-bond donors (Lipinski definition) is 3. The summed E-state index contributed by atoms with van der Waals surface area (Å²) in [7, 11) is 0. The lowest BCUT2D eigenvalue weighted by atomic mass is 9.85. The van der Waals surface area contributed by atoms with Crippen molar-refractivity contribution in [1.82, 2.24) is 19.9 Å². The summed E-state index contributed by atoms with van der Waals surface area (Å²) in [6, 6.07) is 4.42. The summed E-state index contributed by atoms with van der Waals surface area (Å²) in [5, 5.41) is 0. The van der Waals surface area contributed by atoms with Gasteiger partial charge in [-0.25, -0.2) is 70.8 Å². The van der Waals surface area contributed by atoms with Crippen molar-refractivity contribution in [2.45, 2.75) is 52.4 Å². The Morgan fingerprint density at radius 2 is 0.641 bits per heavy atom. The van der Waals surface area contributed by atoms with Crippen molar-refractivity contribution in [3.63, 3.8) is 0 Å². The largest absolute Gasteiger partial charge is 0.354 e. The maximum Gasteiger partial charge on any atom is 0.200 e. The number of nitrogens with one attached hydrogen (secondary N) is 3. The highest BCUT2D eigenvalue weighted by Crippen LogP contribution is 2.45. The van der Waals surface area contributed by atoms with Gasteiger partial charge in [-0.15, -0.1) is 0 Å². The van der Waals surface area contributed by atoms with Crippen LogP contribution in [0.15, 0.2) is 24.3 Å². The Morgan fingerprint density at radius 3 is 1.06 bits per heavy atom. The van der Waals surface area contributed by atoms with Gasteiger partial charge in [0.05, 0.1) is 44.6 Å². The van der Waals surface area contributed by atoms with E-state index in [0.29, 0.717) is 0 Å². The molecule has 7 aromatic rings. The van der Waals surface area contributed by atoms with Crippen LogP contribution in [-0.4, -0.2) is 19.9 Å². The number of aromatic amines is 3. The van der Waals surface area contributed by atoms with E-state index < -0.39 is 159 Å². The van der Waals surface area contributed by atoms with Crippen molar-refractivity contribution < 1.29 is 65.9 Å². The number of aromatic nitrogens is 4. The number of benzene rings is 3. The van der Waals surface area contributed by atoms with Crippen LogP contribution in [0.5, 0.6) is 0 Å². The maximum absolute atomic E-state index is 16.1. The number of halogens is 15. The van der Waals surface area contributed by atoms with Crippen molar-refractivity contribution in [1.29, 1.82) is 0 Å². The van der Waals surface area contributed by atoms with E-state index in [4.69, 9.17) is 0 Å². The van der Waals surface area contributed by atoms with E-state index in [1.54, 1.807) is 41.5 Å². The number of fused-ring (bicyclic) bond motifs is 9. The van der Waals surface area contributed by atoms with Gasteiger partial charge in [-0.05, 0) is 58.4 Å². The second kappa shape index (κ2) is 14.7. The predicted molar refractivity (Wildman–Crippen MR) is 208 cm³/mol. The quantitative estimate of drug-likeness (QED) is 0.0923. The van der Waals surface area contributed by atoms with Crippen LogP contribution in [0.25, 0.3) is 78.6 Å². The van der Waals surface area contributed by atoms with Gasteiger partial charge in [-0.1, -0.05) is 41.5 Å². The van der Waals surface area contributed by atoms with Gasteiger partial charge in [-0.2, -0.15) is 0 Å². The minimum atomic E-state index is -2.60. The van der Waals surface area contributed by atoms with E-state index in [1.165, 1.54) is 12.1 Å².